The molecule has 8 nitrogen and oxygen atoms in total. The highest BCUT2D eigenvalue weighted by Gasteiger charge is 2.72. The number of nitrogens with zero attached hydrogens (tertiary/aromatic N) is 1. The molecule has 3 aromatic rings. The summed E-state index contributed by atoms with van der Waals surface area (Å²) in [6.45, 7) is 18.3. The van der Waals surface area contributed by atoms with Gasteiger partial charge in [0.1, 0.15) is 0 Å². The first-order chi connectivity index (χ1) is 23.8. The molecule has 11 atom stereocenters. The smallest absolute Gasteiger partial charge is 0.243 e. The number of nitrogens with two attached hydrogens (primary N) is 1. The topological polar surface area (TPSA) is 133 Å². The molecule has 278 valence electrons. The van der Waals surface area contributed by atoms with E-state index >= 15 is 0 Å². The fourth-order valence-corrected chi connectivity index (χ4v) is 14.6. The number of aliphatic hydroxyl groups is 2. The van der Waals surface area contributed by atoms with Crippen molar-refractivity contribution in [1.82, 2.24) is 9.97 Å². The summed E-state index contributed by atoms with van der Waals surface area (Å²) in [6, 6.07) is 7.40. The number of H-pyrrole nitrogens is 1. The number of carbonyl (C=O) groups is 1. The number of aromatic nitrogens is 2. The Balaban J connectivity index is 1.04. The second-order valence-electron chi connectivity index (χ2n) is 19.4. The Kier molecular flexibility index (Phi) is 8.12. The first-order valence-corrected chi connectivity index (χ1v) is 20.3. The lowest BCUT2D eigenvalue weighted by Gasteiger charge is -2.69. The van der Waals surface area contributed by atoms with Crippen molar-refractivity contribution >= 4 is 33.3 Å². The van der Waals surface area contributed by atoms with Crippen LogP contribution in [-0.4, -0.2) is 55.5 Å². The number of para-hydroxylation sites is 1. The van der Waals surface area contributed by atoms with Crippen molar-refractivity contribution in [2.45, 2.75) is 148 Å². The van der Waals surface area contributed by atoms with E-state index in [0.29, 0.717) is 23.4 Å². The van der Waals surface area contributed by atoms with Gasteiger partial charge in [0.15, 0.2) is 5.13 Å². The normalized spacial score (nSPS) is 40.7. The van der Waals surface area contributed by atoms with Gasteiger partial charge < -0.3 is 31.0 Å². The predicted octanol–water partition coefficient (Wildman–Crippen LogP) is 7.51. The molecule has 4 aliphatic carbocycles. The number of rotatable bonds is 6. The lowest BCUT2D eigenvalue weighted by Crippen LogP contribution is -2.66. The highest BCUT2D eigenvalue weighted by Crippen LogP contribution is 2.76. The van der Waals surface area contributed by atoms with Gasteiger partial charge in [0, 0.05) is 27.4 Å². The Morgan fingerprint density at radius 3 is 2.53 bits per heavy atom. The van der Waals surface area contributed by atoms with Crippen LogP contribution in [0.3, 0.4) is 0 Å². The Hall–Kier alpha value is -2.30. The number of hydrogen-bond donors (Lipinski definition) is 5. The van der Waals surface area contributed by atoms with Crippen LogP contribution in [0.4, 0.5) is 5.13 Å². The average molecular weight is 717 g/mol. The SMILES string of the molecule is CC(C)(O)[C@H]1CC[C@@](C)([C@H]2CC[C@]3(C)[C@H]2[C@H](O)C[C@@H]2[C@@]4(C)Cc5sc(NC(=O)[C@H](N)Cc6c[nH]c7ccccc67)nc5C(C)(C)[C@@H]4CC[C@]23C)O1. The van der Waals surface area contributed by atoms with Gasteiger partial charge in [-0.3, -0.25) is 4.79 Å². The van der Waals surface area contributed by atoms with Crippen molar-refractivity contribution in [2.75, 3.05) is 5.32 Å². The molecular formula is C42H60N4O4S. The van der Waals surface area contributed by atoms with E-state index in [1.165, 1.54) is 4.88 Å². The molecule has 2 aromatic heterocycles. The summed E-state index contributed by atoms with van der Waals surface area (Å²) in [6.07, 6.45) is 9.78. The van der Waals surface area contributed by atoms with Gasteiger partial charge in [-0.2, -0.15) is 0 Å². The van der Waals surface area contributed by atoms with E-state index in [2.05, 4.69) is 57.9 Å². The Morgan fingerprint density at radius 2 is 1.80 bits per heavy atom. The monoisotopic (exact) mass is 716 g/mol. The third-order valence-corrected chi connectivity index (χ3v) is 16.9. The molecule has 51 heavy (non-hydrogen) atoms. The number of anilines is 1. The van der Waals surface area contributed by atoms with Crippen molar-refractivity contribution in [3.05, 3.63) is 46.6 Å². The number of benzene rings is 1. The van der Waals surface area contributed by atoms with Crippen molar-refractivity contribution in [1.29, 1.82) is 0 Å². The van der Waals surface area contributed by atoms with E-state index < -0.39 is 17.7 Å². The fraction of sp³-hybridized carbons (Fsp3) is 0.714. The van der Waals surface area contributed by atoms with Crippen LogP contribution in [0.2, 0.25) is 0 Å². The number of aliphatic hydroxyl groups excluding tert-OH is 1. The number of carbonyl (C=O) groups excluding carboxylic acids is 1. The summed E-state index contributed by atoms with van der Waals surface area (Å²) in [4.78, 5) is 23.1. The predicted molar refractivity (Wildman–Crippen MR) is 204 cm³/mol. The van der Waals surface area contributed by atoms with Crippen LogP contribution < -0.4 is 11.1 Å². The molecule has 1 saturated heterocycles. The Labute approximate surface area is 307 Å². The van der Waals surface area contributed by atoms with Crippen LogP contribution in [0.15, 0.2) is 30.5 Å². The zero-order valence-corrected chi connectivity index (χ0v) is 32.8. The molecule has 0 radical (unpaired) electrons. The van der Waals surface area contributed by atoms with Crippen molar-refractivity contribution in [2.24, 2.45) is 45.7 Å². The third-order valence-electron chi connectivity index (χ3n) is 15.9. The summed E-state index contributed by atoms with van der Waals surface area (Å²) in [7, 11) is 0. The van der Waals surface area contributed by atoms with Gasteiger partial charge in [-0.15, -0.1) is 11.3 Å². The molecule has 1 aromatic carbocycles. The second-order valence-corrected chi connectivity index (χ2v) is 20.5. The molecule has 1 aliphatic heterocycles. The number of hydrogen-bond acceptors (Lipinski definition) is 7. The number of nitrogens with one attached hydrogen (secondary N) is 2. The molecule has 1 amide bonds. The highest BCUT2D eigenvalue weighted by atomic mass is 32.1. The molecule has 3 saturated carbocycles. The van der Waals surface area contributed by atoms with E-state index in [1.54, 1.807) is 11.3 Å². The molecule has 6 N–H and O–H groups in total. The minimum atomic E-state index is -0.870. The summed E-state index contributed by atoms with van der Waals surface area (Å²) >= 11 is 1.62. The van der Waals surface area contributed by atoms with Gasteiger partial charge in [-0.05, 0) is 130 Å². The van der Waals surface area contributed by atoms with Crippen molar-refractivity contribution in [3.8, 4) is 0 Å². The number of ether oxygens (including phenoxy) is 1. The molecule has 0 bridgehead atoms. The largest absolute Gasteiger partial charge is 0.393 e. The van der Waals surface area contributed by atoms with Gasteiger partial charge in [0.05, 0.1) is 35.1 Å². The minimum absolute atomic E-state index is 0.00858. The van der Waals surface area contributed by atoms with Gasteiger partial charge in [0.25, 0.3) is 0 Å². The molecular weight excluding hydrogens is 657 g/mol. The third kappa shape index (κ3) is 5.18. The number of fused-ring (bicyclic) bond motifs is 7. The first-order valence-electron chi connectivity index (χ1n) is 19.5. The second kappa shape index (κ2) is 11.6. The Morgan fingerprint density at radius 1 is 1.08 bits per heavy atom. The van der Waals surface area contributed by atoms with Crippen LogP contribution in [0.5, 0.6) is 0 Å². The van der Waals surface area contributed by atoms with Gasteiger partial charge in [0.2, 0.25) is 5.91 Å². The molecule has 0 unspecified atom stereocenters. The first kappa shape index (κ1) is 35.7. The van der Waals surface area contributed by atoms with Crippen LogP contribution >= 0.6 is 11.3 Å². The zero-order chi connectivity index (χ0) is 36.5. The van der Waals surface area contributed by atoms with Gasteiger partial charge in [-0.25, -0.2) is 4.98 Å². The number of thiazole rings is 1. The molecule has 0 spiro atoms. The van der Waals surface area contributed by atoms with Crippen molar-refractivity contribution < 1.29 is 19.7 Å². The maximum absolute atomic E-state index is 13.5. The van der Waals surface area contributed by atoms with E-state index in [-0.39, 0.29) is 51.1 Å². The van der Waals surface area contributed by atoms with Crippen LogP contribution in [0.25, 0.3) is 10.9 Å². The lowest BCUT2D eigenvalue weighted by atomic mass is 9.35. The molecule has 4 fully saturated rings. The summed E-state index contributed by atoms with van der Waals surface area (Å²) in [5, 5.41) is 28.0. The van der Waals surface area contributed by atoms with E-state index in [0.717, 1.165) is 73.5 Å². The standard InChI is InChI=1S/C42H60N4O4S/c1-37(2)30-14-17-40(6)31(20-28(47)33-25(13-16-41(33,40)7)42(8)18-15-32(50-42)38(3,4)49)39(30,5)21-29-34(37)45-36(51-29)46-35(48)26(43)19-23-22-44-27-12-10-9-11-24(23)27/h9-12,22,25-26,28,30-33,44,47,49H,13-21,43H2,1-8H3,(H,45,46,48)/t25-,26+,28+,30-,31+,32+,33+,39-,40+,41+,42-/m0/s1. The number of amides is 1. The highest BCUT2D eigenvalue weighted by molar-refractivity contribution is 7.15. The maximum atomic E-state index is 13.5. The zero-order valence-electron chi connectivity index (χ0n) is 31.9. The maximum Gasteiger partial charge on any atom is 0.243 e. The number of aromatic amines is 1. The minimum Gasteiger partial charge on any atom is -0.393 e. The molecule has 9 heteroatoms. The quantitative estimate of drug-likeness (QED) is 0.179. The summed E-state index contributed by atoms with van der Waals surface area (Å²) in [5.74, 6) is 1.02. The fourth-order valence-electron chi connectivity index (χ4n) is 13.2. The van der Waals surface area contributed by atoms with E-state index in [4.69, 9.17) is 15.5 Å². The van der Waals surface area contributed by atoms with Gasteiger partial charge >= 0.3 is 0 Å². The van der Waals surface area contributed by atoms with Crippen molar-refractivity contribution in [3.63, 3.8) is 0 Å². The van der Waals surface area contributed by atoms with E-state index in [9.17, 15) is 15.0 Å². The Bertz CT molecular complexity index is 1840. The van der Waals surface area contributed by atoms with Gasteiger partial charge in [-0.1, -0.05) is 52.8 Å². The average Bonchev–Trinajstić information content (AvgIpc) is 3.84. The molecule has 3 heterocycles. The molecule has 8 rings (SSSR count). The van der Waals surface area contributed by atoms with E-state index in [1.807, 2.05) is 38.2 Å². The lowest BCUT2D eigenvalue weighted by molar-refractivity contribution is -0.227. The van der Waals surface area contributed by atoms with Crippen LogP contribution in [0.1, 0.15) is 116 Å². The summed E-state index contributed by atoms with van der Waals surface area (Å²) in [5.41, 5.74) is 8.36. The van der Waals surface area contributed by atoms with Crippen LogP contribution in [0, 0.1) is 39.9 Å². The van der Waals surface area contributed by atoms with Crippen LogP contribution in [-0.2, 0) is 27.8 Å². The summed E-state index contributed by atoms with van der Waals surface area (Å²) < 4.78 is 6.76. The molecule has 5 aliphatic rings.